The van der Waals surface area contributed by atoms with Gasteiger partial charge < -0.3 is 10.4 Å². The standard InChI is InChI=1S/C18H23N3O3/c1-4-12(2)14-5-7-15(8-6-14)13(3)19-17(22)11-21-10-9-16(20-21)18(23)24/h5-10,12-13H,4,11H2,1-3H3,(H,19,22)(H,23,24). The first-order valence-electron chi connectivity index (χ1n) is 8.06. The number of carbonyl (C=O) groups is 2. The van der Waals surface area contributed by atoms with Gasteiger partial charge in [-0.05, 0) is 36.5 Å². The zero-order valence-corrected chi connectivity index (χ0v) is 14.2. The average Bonchev–Trinajstić information content (AvgIpc) is 3.02. The molecule has 0 radical (unpaired) electrons. The lowest BCUT2D eigenvalue weighted by Crippen LogP contribution is -2.30. The minimum absolute atomic E-state index is 0.0113. The number of nitrogens with one attached hydrogen (secondary N) is 1. The fourth-order valence-corrected chi connectivity index (χ4v) is 2.43. The molecule has 24 heavy (non-hydrogen) atoms. The Bertz CT molecular complexity index is 707. The molecule has 0 fully saturated rings. The summed E-state index contributed by atoms with van der Waals surface area (Å²) in [6, 6.07) is 9.49. The summed E-state index contributed by atoms with van der Waals surface area (Å²) in [6.07, 6.45) is 2.57. The van der Waals surface area contributed by atoms with E-state index in [2.05, 4.69) is 36.4 Å². The summed E-state index contributed by atoms with van der Waals surface area (Å²) in [4.78, 5) is 22.9. The van der Waals surface area contributed by atoms with E-state index in [0.717, 1.165) is 12.0 Å². The van der Waals surface area contributed by atoms with Gasteiger partial charge in [0.1, 0.15) is 6.54 Å². The van der Waals surface area contributed by atoms with Crippen LogP contribution in [0.5, 0.6) is 0 Å². The van der Waals surface area contributed by atoms with Gasteiger partial charge in [-0.1, -0.05) is 38.1 Å². The second-order valence-corrected chi connectivity index (χ2v) is 5.97. The molecule has 2 rings (SSSR count). The monoisotopic (exact) mass is 329 g/mol. The van der Waals surface area contributed by atoms with E-state index in [1.807, 2.05) is 19.1 Å². The van der Waals surface area contributed by atoms with Gasteiger partial charge in [0.05, 0.1) is 6.04 Å². The topological polar surface area (TPSA) is 84.2 Å². The Morgan fingerprint density at radius 3 is 2.33 bits per heavy atom. The second kappa shape index (κ2) is 7.77. The molecule has 6 heteroatoms. The van der Waals surface area contributed by atoms with E-state index >= 15 is 0 Å². The predicted octanol–water partition coefficient (Wildman–Crippen LogP) is 2.97. The first-order chi connectivity index (χ1) is 11.4. The van der Waals surface area contributed by atoms with Crippen LogP contribution in [0.4, 0.5) is 0 Å². The minimum Gasteiger partial charge on any atom is -0.476 e. The number of carbonyl (C=O) groups excluding carboxylic acids is 1. The molecule has 0 aliphatic rings. The summed E-state index contributed by atoms with van der Waals surface area (Å²) in [5.41, 5.74) is 2.25. The normalized spacial score (nSPS) is 13.3. The molecule has 2 atom stereocenters. The van der Waals surface area contributed by atoms with Crippen molar-refractivity contribution in [3.8, 4) is 0 Å². The van der Waals surface area contributed by atoms with Crippen molar-refractivity contribution in [3.63, 3.8) is 0 Å². The van der Waals surface area contributed by atoms with Crippen molar-refractivity contribution in [1.29, 1.82) is 0 Å². The van der Waals surface area contributed by atoms with E-state index in [4.69, 9.17) is 5.11 Å². The van der Waals surface area contributed by atoms with E-state index in [0.29, 0.717) is 5.92 Å². The second-order valence-electron chi connectivity index (χ2n) is 5.97. The molecule has 1 heterocycles. The number of carboxylic acids is 1. The van der Waals surface area contributed by atoms with Crippen molar-refractivity contribution in [2.75, 3.05) is 0 Å². The molecular formula is C18H23N3O3. The van der Waals surface area contributed by atoms with Crippen molar-refractivity contribution in [2.24, 2.45) is 0 Å². The number of amides is 1. The molecule has 0 aliphatic heterocycles. The minimum atomic E-state index is -1.11. The highest BCUT2D eigenvalue weighted by molar-refractivity contribution is 5.85. The Hall–Kier alpha value is -2.63. The molecule has 128 valence electrons. The van der Waals surface area contributed by atoms with E-state index in [1.54, 1.807) is 0 Å². The largest absolute Gasteiger partial charge is 0.476 e. The molecule has 2 unspecified atom stereocenters. The van der Waals surface area contributed by atoms with Crippen LogP contribution in [0.2, 0.25) is 0 Å². The summed E-state index contributed by atoms with van der Waals surface area (Å²) in [5.74, 6) is -0.801. The average molecular weight is 329 g/mol. The lowest BCUT2D eigenvalue weighted by molar-refractivity contribution is -0.122. The van der Waals surface area contributed by atoms with Gasteiger partial charge in [-0.15, -0.1) is 0 Å². The highest BCUT2D eigenvalue weighted by Gasteiger charge is 2.13. The van der Waals surface area contributed by atoms with E-state index in [9.17, 15) is 9.59 Å². The van der Waals surface area contributed by atoms with Gasteiger partial charge in [0, 0.05) is 6.20 Å². The summed E-state index contributed by atoms with van der Waals surface area (Å²) in [5, 5.41) is 15.6. The van der Waals surface area contributed by atoms with Crippen LogP contribution in [0, 0.1) is 0 Å². The van der Waals surface area contributed by atoms with Crippen molar-refractivity contribution >= 4 is 11.9 Å². The molecule has 1 aromatic heterocycles. The van der Waals surface area contributed by atoms with Crippen LogP contribution in [0.1, 0.15) is 60.8 Å². The highest BCUT2D eigenvalue weighted by atomic mass is 16.4. The number of hydrogen-bond donors (Lipinski definition) is 2. The quantitative estimate of drug-likeness (QED) is 0.818. The van der Waals surface area contributed by atoms with E-state index < -0.39 is 5.97 Å². The molecule has 0 bridgehead atoms. The molecule has 2 aromatic rings. The molecule has 0 saturated carbocycles. The zero-order chi connectivity index (χ0) is 17.7. The lowest BCUT2D eigenvalue weighted by Gasteiger charge is -2.16. The lowest BCUT2D eigenvalue weighted by atomic mass is 9.96. The van der Waals surface area contributed by atoms with E-state index in [1.165, 1.54) is 22.5 Å². The smallest absolute Gasteiger partial charge is 0.356 e. The van der Waals surface area contributed by atoms with Gasteiger partial charge in [-0.25, -0.2) is 4.79 Å². The predicted molar refractivity (Wildman–Crippen MR) is 90.9 cm³/mol. The Morgan fingerprint density at radius 1 is 1.17 bits per heavy atom. The van der Waals surface area contributed by atoms with E-state index in [-0.39, 0.29) is 24.2 Å². The number of aromatic carboxylic acids is 1. The van der Waals surface area contributed by atoms with Crippen LogP contribution in [0.3, 0.4) is 0 Å². The Balaban J connectivity index is 1.94. The zero-order valence-electron chi connectivity index (χ0n) is 14.2. The first kappa shape index (κ1) is 17.7. The van der Waals surface area contributed by atoms with Crippen LogP contribution in [0.15, 0.2) is 36.5 Å². The van der Waals surface area contributed by atoms with Crippen molar-refractivity contribution in [3.05, 3.63) is 53.3 Å². The van der Waals surface area contributed by atoms with Gasteiger partial charge in [0.25, 0.3) is 0 Å². The fourth-order valence-electron chi connectivity index (χ4n) is 2.43. The van der Waals surface area contributed by atoms with Gasteiger partial charge in [-0.2, -0.15) is 5.10 Å². The van der Waals surface area contributed by atoms with Crippen LogP contribution in [0.25, 0.3) is 0 Å². The molecular weight excluding hydrogens is 306 g/mol. The maximum Gasteiger partial charge on any atom is 0.356 e. The van der Waals surface area contributed by atoms with Crippen LogP contribution >= 0.6 is 0 Å². The molecule has 0 saturated heterocycles. The fraction of sp³-hybridized carbons (Fsp3) is 0.389. The van der Waals surface area contributed by atoms with Crippen molar-refractivity contribution < 1.29 is 14.7 Å². The molecule has 0 aliphatic carbocycles. The number of aromatic nitrogens is 2. The maximum absolute atomic E-state index is 12.1. The summed E-state index contributed by atoms with van der Waals surface area (Å²) >= 11 is 0. The number of benzene rings is 1. The number of rotatable bonds is 7. The van der Waals surface area contributed by atoms with Crippen LogP contribution in [-0.2, 0) is 11.3 Å². The third-order valence-corrected chi connectivity index (χ3v) is 4.16. The maximum atomic E-state index is 12.1. The van der Waals surface area contributed by atoms with Gasteiger partial charge in [0.2, 0.25) is 5.91 Å². The van der Waals surface area contributed by atoms with Crippen molar-refractivity contribution in [2.45, 2.75) is 45.7 Å². The Morgan fingerprint density at radius 2 is 1.79 bits per heavy atom. The number of hydrogen-bond acceptors (Lipinski definition) is 3. The Labute approximate surface area is 141 Å². The summed E-state index contributed by atoms with van der Waals surface area (Å²) in [6.45, 7) is 6.26. The number of nitrogens with zero attached hydrogens (tertiary/aromatic N) is 2. The highest BCUT2D eigenvalue weighted by Crippen LogP contribution is 2.21. The molecule has 0 spiro atoms. The molecule has 6 nitrogen and oxygen atoms in total. The number of carboxylic acid groups (broad SMARTS) is 1. The van der Waals surface area contributed by atoms with Gasteiger partial charge in [0.15, 0.2) is 5.69 Å². The third kappa shape index (κ3) is 4.44. The first-order valence-corrected chi connectivity index (χ1v) is 8.06. The Kier molecular flexibility index (Phi) is 5.73. The van der Waals surface area contributed by atoms with Crippen LogP contribution in [-0.4, -0.2) is 26.8 Å². The van der Waals surface area contributed by atoms with Crippen LogP contribution < -0.4 is 5.32 Å². The molecule has 1 aromatic carbocycles. The SMILES string of the molecule is CCC(C)c1ccc(C(C)NC(=O)Cn2ccc(C(=O)O)n2)cc1. The third-order valence-electron chi connectivity index (χ3n) is 4.16. The molecule has 2 N–H and O–H groups in total. The molecule has 1 amide bonds. The van der Waals surface area contributed by atoms with Gasteiger partial charge >= 0.3 is 5.97 Å². The van der Waals surface area contributed by atoms with Gasteiger partial charge in [-0.3, -0.25) is 9.48 Å². The summed E-state index contributed by atoms with van der Waals surface area (Å²) < 4.78 is 1.32. The van der Waals surface area contributed by atoms with Crippen molar-refractivity contribution in [1.82, 2.24) is 15.1 Å². The summed E-state index contributed by atoms with van der Waals surface area (Å²) in [7, 11) is 0.